The molecule has 1 amide bonds. The van der Waals surface area contributed by atoms with E-state index in [9.17, 15) is 18.0 Å². The van der Waals surface area contributed by atoms with Gasteiger partial charge >= 0.3 is 6.36 Å². The fourth-order valence-electron chi connectivity index (χ4n) is 2.81. The molecule has 4 rings (SSSR count). The number of nitrogens with one attached hydrogen (secondary N) is 3. The van der Waals surface area contributed by atoms with Crippen molar-refractivity contribution >= 4 is 40.5 Å². The van der Waals surface area contributed by atoms with Gasteiger partial charge in [0, 0.05) is 24.2 Å². The zero-order chi connectivity index (χ0) is 21.5. The number of amides is 1. The monoisotopic (exact) mass is 440 g/mol. The number of carbonyl (C=O) groups is 1. The summed E-state index contributed by atoms with van der Waals surface area (Å²) in [5.74, 6) is -0.154. The van der Waals surface area contributed by atoms with Gasteiger partial charge in [-0.2, -0.15) is 9.61 Å². The first-order chi connectivity index (χ1) is 14.2. The van der Waals surface area contributed by atoms with Crippen LogP contribution in [-0.2, 0) is 0 Å². The third-order valence-corrected chi connectivity index (χ3v) is 4.55. The summed E-state index contributed by atoms with van der Waals surface area (Å²) in [6.07, 6.45) is -1.65. The van der Waals surface area contributed by atoms with Gasteiger partial charge in [-0.05, 0) is 31.0 Å². The lowest BCUT2D eigenvalue weighted by Crippen LogP contribution is -2.25. The molecule has 8 nitrogen and oxygen atoms in total. The van der Waals surface area contributed by atoms with Crippen LogP contribution in [0, 0.1) is 0 Å². The van der Waals surface area contributed by atoms with Crippen LogP contribution in [0.1, 0.15) is 23.2 Å². The summed E-state index contributed by atoms with van der Waals surface area (Å²) in [6, 6.07) is 5.33. The highest BCUT2D eigenvalue weighted by Crippen LogP contribution is 2.34. The topological polar surface area (TPSA) is 92.6 Å². The van der Waals surface area contributed by atoms with Gasteiger partial charge in [0.05, 0.1) is 11.9 Å². The number of hydrogen-bond acceptors (Lipinski definition) is 6. The molecule has 0 bridgehead atoms. The molecule has 2 aromatic heterocycles. The molecule has 1 aliphatic rings. The zero-order valence-electron chi connectivity index (χ0n) is 15.5. The van der Waals surface area contributed by atoms with E-state index in [2.05, 4.69) is 30.8 Å². The van der Waals surface area contributed by atoms with Gasteiger partial charge in [-0.1, -0.05) is 11.6 Å². The van der Waals surface area contributed by atoms with E-state index in [1.165, 1.54) is 28.9 Å². The molecule has 1 aromatic carbocycles. The van der Waals surface area contributed by atoms with E-state index in [0.717, 1.165) is 18.9 Å². The number of carbonyl (C=O) groups excluding carboxylic acids is 1. The number of alkyl halides is 3. The van der Waals surface area contributed by atoms with Crippen molar-refractivity contribution in [1.82, 2.24) is 19.9 Å². The van der Waals surface area contributed by atoms with Crippen LogP contribution in [0.2, 0.25) is 5.02 Å². The van der Waals surface area contributed by atoms with Gasteiger partial charge in [0.1, 0.15) is 17.2 Å². The largest absolute Gasteiger partial charge is 0.573 e. The lowest BCUT2D eigenvalue weighted by atomic mass is 10.3. The minimum atomic E-state index is -4.88. The van der Waals surface area contributed by atoms with Crippen molar-refractivity contribution in [3.63, 3.8) is 0 Å². The Morgan fingerprint density at radius 2 is 2.07 bits per heavy atom. The lowest BCUT2D eigenvalue weighted by molar-refractivity contribution is -0.274. The number of halogens is 4. The van der Waals surface area contributed by atoms with Gasteiger partial charge in [0.15, 0.2) is 11.4 Å². The Bertz CT molecular complexity index is 1110. The number of aromatic nitrogens is 3. The second kappa shape index (κ2) is 7.56. The highest BCUT2D eigenvalue weighted by molar-refractivity contribution is 6.31. The predicted octanol–water partition coefficient (Wildman–Crippen LogP) is 3.96. The molecule has 12 heteroatoms. The first-order valence-electron chi connectivity index (χ1n) is 8.93. The third-order valence-electron chi connectivity index (χ3n) is 4.32. The highest BCUT2D eigenvalue weighted by Gasteiger charge is 2.32. The van der Waals surface area contributed by atoms with E-state index in [4.69, 9.17) is 11.6 Å². The molecule has 0 saturated heterocycles. The summed E-state index contributed by atoms with van der Waals surface area (Å²) < 4.78 is 43.7. The predicted molar refractivity (Wildman–Crippen MR) is 104 cm³/mol. The Morgan fingerprint density at radius 3 is 2.73 bits per heavy atom. The molecule has 0 atom stereocenters. The summed E-state index contributed by atoms with van der Waals surface area (Å²) in [5.41, 5.74) is 0.449. The quantitative estimate of drug-likeness (QED) is 0.537. The molecule has 0 aliphatic heterocycles. The van der Waals surface area contributed by atoms with Gasteiger partial charge in [-0.15, -0.1) is 13.2 Å². The first kappa shape index (κ1) is 20.1. The summed E-state index contributed by atoms with van der Waals surface area (Å²) in [5, 5.41) is 12.9. The van der Waals surface area contributed by atoms with Crippen molar-refractivity contribution in [2.75, 3.05) is 17.7 Å². The van der Waals surface area contributed by atoms with Gasteiger partial charge in [0.25, 0.3) is 5.91 Å². The zero-order valence-corrected chi connectivity index (χ0v) is 16.3. The molecule has 1 saturated carbocycles. The van der Waals surface area contributed by atoms with E-state index in [0.29, 0.717) is 5.82 Å². The van der Waals surface area contributed by atoms with Crippen LogP contribution in [0.4, 0.5) is 30.5 Å². The van der Waals surface area contributed by atoms with Crippen LogP contribution in [0.5, 0.6) is 5.75 Å². The van der Waals surface area contributed by atoms with E-state index in [-0.39, 0.29) is 39.7 Å². The van der Waals surface area contributed by atoms with Crippen LogP contribution in [0.25, 0.3) is 5.65 Å². The summed E-state index contributed by atoms with van der Waals surface area (Å²) in [6.45, 7) is 0. The van der Waals surface area contributed by atoms with Crippen LogP contribution >= 0.6 is 11.6 Å². The van der Waals surface area contributed by atoms with E-state index in [1.807, 2.05) is 0 Å². The highest BCUT2D eigenvalue weighted by atomic mass is 35.5. The number of anilines is 3. The van der Waals surface area contributed by atoms with Crippen LogP contribution in [-0.4, -0.2) is 40.0 Å². The molecule has 1 fully saturated rings. The smallest absolute Gasteiger partial charge is 0.404 e. The maximum atomic E-state index is 12.7. The summed E-state index contributed by atoms with van der Waals surface area (Å²) >= 11 is 5.93. The second-order valence-corrected chi connectivity index (χ2v) is 7.07. The van der Waals surface area contributed by atoms with E-state index in [1.54, 1.807) is 7.05 Å². The fourth-order valence-corrected chi connectivity index (χ4v) is 2.98. The minimum absolute atomic E-state index is 0.0396. The third kappa shape index (κ3) is 4.35. The number of benzene rings is 1. The van der Waals surface area contributed by atoms with Gasteiger partial charge in [-0.25, -0.2) is 4.98 Å². The standard InChI is InChI=1S/C18H16ClF3N6O2/c1-23-15-7-14(26-12-6-9(19)2-5-13(12)30-18(20,21)22)27-16-11(8-24-28(15)16)17(29)25-10-3-4-10/h2,5-8,10,23H,3-4H2,1H3,(H,25,29)(H,26,27). The molecular weight excluding hydrogens is 425 g/mol. The van der Waals surface area contributed by atoms with Crippen molar-refractivity contribution < 1.29 is 22.7 Å². The Morgan fingerprint density at radius 1 is 1.30 bits per heavy atom. The van der Waals surface area contributed by atoms with Crippen molar-refractivity contribution in [1.29, 1.82) is 0 Å². The Balaban J connectivity index is 1.72. The molecule has 158 valence electrons. The molecule has 0 unspecified atom stereocenters. The molecule has 3 aromatic rings. The second-order valence-electron chi connectivity index (χ2n) is 6.63. The van der Waals surface area contributed by atoms with Crippen molar-refractivity contribution in [3.8, 4) is 5.75 Å². The number of nitrogens with zero attached hydrogens (tertiary/aromatic N) is 3. The molecule has 0 radical (unpaired) electrons. The number of ether oxygens (including phenoxy) is 1. The Labute approximate surface area is 173 Å². The summed E-state index contributed by atoms with van der Waals surface area (Å²) in [7, 11) is 1.64. The SMILES string of the molecule is CNc1cc(Nc2cc(Cl)ccc2OC(F)(F)F)nc2c(C(=O)NC3CC3)cnn12. The molecule has 1 aliphatic carbocycles. The van der Waals surface area contributed by atoms with Crippen LogP contribution in [0.15, 0.2) is 30.5 Å². The minimum Gasteiger partial charge on any atom is -0.404 e. The van der Waals surface area contributed by atoms with E-state index < -0.39 is 12.1 Å². The maximum absolute atomic E-state index is 12.7. The van der Waals surface area contributed by atoms with Crippen molar-refractivity contribution in [2.24, 2.45) is 0 Å². The average Bonchev–Trinajstić information content (AvgIpc) is 3.37. The first-order valence-corrected chi connectivity index (χ1v) is 9.31. The summed E-state index contributed by atoms with van der Waals surface area (Å²) in [4.78, 5) is 16.9. The van der Waals surface area contributed by atoms with Crippen LogP contribution in [0.3, 0.4) is 0 Å². The van der Waals surface area contributed by atoms with Crippen molar-refractivity contribution in [2.45, 2.75) is 25.2 Å². The van der Waals surface area contributed by atoms with Gasteiger partial charge < -0.3 is 20.7 Å². The number of fused-ring (bicyclic) bond motifs is 1. The van der Waals surface area contributed by atoms with Gasteiger partial charge in [0.2, 0.25) is 0 Å². The Hall–Kier alpha value is -3.21. The maximum Gasteiger partial charge on any atom is 0.573 e. The average molecular weight is 441 g/mol. The molecule has 30 heavy (non-hydrogen) atoms. The molecule has 0 spiro atoms. The van der Waals surface area contributed by atoms with Gasteiger partial charge in [-0.3, -0.25) is 4.79 Å². The van der Waals surface area contributed by atoms with Crippen molar-refractivity contribution in [3.05, 3.63) is 41.0 Å². The molecule has 3 N–H and O–H groups in total. The van der Waals surface area contributed by atoms with Crippen LogP contribution < -0.4 is 20.7 Å². The lowest BCUT2D eigenvalue weighted by Gasteiger charge is -2.15. The van der Waals surface area contributed by atoms with E-state index >= 15 is 0 Å². The Kier molecular flexibility index (Phi) is 5.06. The normalized spacial score (nSPS) is 13.9. The fraction of sp³-hybridized carbons (Fsp3) is 0.278. The number of rotatable bonds is 6. The molecular formula is C18H16ClF3N6O2. The molecule has 2 heterocycles. The number of hydrogen-bond donors (Lipinski definition) is 3.